The predicted molar refractivity (Wildman–Crippen MR) is 419 cm³/mol. The number of piperazine rings is 1. The van der Waals surface area contributed by atoms with Crippen LogP contribution < -0.4 is 71.1 Å². The SMILES string of the molecule is CC(=O)c1c(C)c2cnc(Nc3ccc(N4CCNCC4)cn3)nc2n(C2CCCC2)c1=O.CCN(CC)CCCCNc1ncc2c(n1)N(C)C(=O)N(c1c(Cl)c(OC)cc(OC)c1Cl)C2.CCN(CC)CCCCNc1ncc2cc(-c3cc(OC)cc(OC)c3)c(NC(=O)NC(C)(C)C)nc2n1. The number of ketones is 1. The highest BCUT2D eigenvalue weighted by Crippen LogP contribution is 2.48. The van der Waals surface area contributed by atoms with E-state index in [4.69, 9.17) is 52.1 Å². The van der Waals surface area contributed by atoms with Gasteiger partial charge >= 0.3 is 12.1 Å². The summed E-state index contributed by atoms with van der Waals surface area (Å²) >= 11 is 13.1. The molecule has 105 heavy (non-hydrogen) atoms. The topological polar surface area (TPSA) is 302 Å². The van der Waals surface area contributed by atoms with Gasteiger partial charge in [0.05, 0.1) is 58.1 Å². The minimum atomic E-state index is -0.412. The number of pyridine rings is 3. The number of anilines is 8. The number of fused-ring (bicyclic) bond motifs is 3. The van der Waals surface area contributed by atoms with Crippen molar-refractivity contribution in [1.82, 2.24) is 64.9 Å². The third-order valence-electron chi connectivity index (χ3n) is 18.7. The van der Waals surface area contributed by atoms with Crippen LogP contribution in [0.5, 0.6) is 23.0 Å². The van der Waals surface area contributed by atoms with Crippen molar-refractivity contribution in [3.63, 3.8) is 0 Å². The fourth-order valence-corrected chi connectivity index (χ4v) is 13.6. The Bertz CT molecular complexity index is 4300. The predicted octanol–water partition coefficient (Wildman–Crippen LogP) is 13.0. The van der Waals surface area contributed by atoms with Gasteiger partial charge in [0.1, 0.15) is 56.1 Å². The van der Waals surface area contributed by atoms with Gasteiger partial charge in [-0.1, -0.05) is 63.7 Å². The van der Waals surface area contributed by atoms with Crippen LogP contribution in [0.2, 0.25) is 10.0 Å². The van der Waals surface area contributed by atoms with Crippen LogP contribution in [0, 0.1) is 6.92 Å². The number of nitrogens with zero attached hydrogens (tertiary/aromatic N) is 14. The summed E-state index contributed by atoms with van der Waals surface area (Å²) in [7, 11) is 7.83. The Balaban J connectivity index is 0.000000183. The number of benzene rings is 2. The lowest BCUT2D eigenvalue weighted by molar-refractivity contribution is 0.101. The molecule has 0 radical (unpaired) electrons. The molecule has 11 rings (SSSR count). The molecule has 1 saturated heterocycles. The normalized spacial score (nSPS) is 13.8. The van der Waals surface area contributed by atoms with E-state index in [0.717, 1.165) is 157 Å². The lowest BCUT2D eigenvalue weighted by Gasteiger charge is -2.35. The van der Waals surface area contributed by atoms with Gasteiger partial charge in [-0.25, -0.2) is 34.5 Å². The van der Waals surface area contributed by atoms with Crippen molar-refractivity contribution in [2.24, 2.45) is 0 Å². The lowest BCUT2D eigenvalue weighted by Crippen LogP contribution is -2.46. The summed E-state index contributed by atoms with van der Waals surface area (Å²) in [5.41, 5.74) is 4.92. The molecule has 0 unspecified atom stereocenters. The van der Waals surface area contributed by atoms with Gasteiger partial charge in [0.2, 0.25) is 17.8 Å². The number of ether oxygens (including phenoxy) is 4. The molecule has 2 aliphatic heterocycles. The number of Topliss-reactive ketones (excluding diaryl/α,β-unsaturated/α-hetero) is 1. The number of carbonyl (C=O) groups is 3. The number of aromatic nitrogens is 9. The van der Waals surface area contributed by atoms with Crippen molar-refractivity contribution >= 4 is 110 Å². The van der Waals surface area contributed by atoms with E-state index in [9.17, 15) is 19.2 Å². The number of halogens is 2. The first-order chi connectivity index (χ1) is 50.5. The summed E-state index contributed by atoms with van der Waals surface area (Å²) in [4.78, 5) is 98.3. The number of hydrogen-bond acceptors (Lipinski definition) is 23. The molecule has 1 saturated carbocycles. The van der Waals surface area contributed by atoms with E-state index in [2.05, 4.69) is 104 Å². The standard InChI is InChI=1S/C28H41N7O3.C24H29N7O2.C23H32Cl2N6O3/c1-8-35(9-2)13-11-10-12-29-26-30-18-20-16-23(19-14-21(37-6)17-22(15-19)38-7)25(31-24(20)32-26)33-27(36)34-28(3,4)5;1-15-19-14-27-24(28-20-8-7-18(13-26-20)30-11-9-25-10-12-30)29-22(19)31(17-5-3-4-6-17)23(33)21(15)16(2)32;1-6-30(7-2)11-9-8-10-26-22-27-13-15-14-31(23(32)29(3)21(15)28-22)20-18(24)16(33-4)12-17(34-5)19(20)25/h14-18H,8-13H2,1-7H3,(H3,29,30,31,32,33,34,36);7-8,13-14,17,25H,3-6,9-12H2,1-2H3,(H,26,27,28,29);12-13H,6-11,14H2,1-5H3,(H,26,27,28). The first-order valence-corrected chi connectivity index (χ1v) is 36.8. The maximum atomic E-state index is 13.3. The molecule has 4 amide bonds. The molecule has 2 aromatic carbocycles. The van der Waals surface area contributed by atoms with Gasteiger partial charge in [-0.05, 0) is 154 Å². The highest BCUT2D eigenvalue weighted by molar-refractivity contribution is 6.42. The maximum Gasteiger partial charge on any atom is 0.330 e. The molecule has 1 aliphatic carbocycles. The van der Waals surface area contributed by atoms with Crippen LogP contribution >= 0.6 is 23.2 Å². The van der Waals surface area contributed by atoms with E-state index < -0.39 is 5.54 Å². The second-order valence-corrected chi connectivity index (χ2v) is 27.6. The zero-order chi connectivity index (χ0) is 75.5. The van der Waals surface area contributed by atoms with Gasteiger partial charge in [0, 0.05) is 111 Å². The molecule has 564 valence electrons. The van der Waals surface area contributed by atoms with Crippen LogP contribution in [0.4, 0.5) is 56.3 Å². The zero-order valence-electron chi connectivity index (χ0n) is 63.1. The highest BCUT2D eigenvalue weighted by Gasteiger charge is 2.35. The smallest absolute Gasteiger partial charge is 0.330 e. The van der Waals surface area contributed by atoms with Crippen LogP contribution in [0.3, 0.4) is 0 Å². The van der Waals surface area contributed by atoms with E-state index in [-0.39, 0.29) is 51.6 Å². The van der Waals surface area contributed by atoms with Crippen molar-refractivity contribution in [3.8, 4) is 34.1 Å². The fourth-order valence-electron chi connectivity index (χ4n) is 12.9. The molecule has 6 aromatic heterocycles. The number of nitrogens with one attached hydrogen (secondary N) is 6. The van der Waals surface area contributed by atoms with E-state index >= 15 is 0 Å². The Morgan fingerprint density at radius 3 is 1.87 bits per heavy atom. The molecule has 0 spiro atoms. The molecular weight excluding hydrogens is 1380 g/mol. The number of hydrogen-bond donors (Lipinski definition) is 6. The molecule has 0 bridgehead atoms. The van der Waals surface area contributed by atoms with Gasteiger partial charge < -0.3 is 60.2 Å². The Morgan fingerprint density at radius 2 is 1.30 bits per heavy atom. The fraction of sp³-hybridized carbons (Fsp3) is 0.493. The van der Waals surface area contributed by atoms with Crippen LogP contribution in [-0.2, 0) is 6.54 Å². The Kier molecular flexibility index (Phi) is 28.4. The first kappa shape index (κ1) is 79.6. The van der Waals surface area contributed by atoms with E-state index in [1.807, 2.05) is 57.3 Å². The number of rotatable bonds is 28. The second kappa shape index (κ2) is 37.5. The average molecular weight is 1480 g/mol. The van der Waals surface area contributed by atoms with Gasteiger partial charge in [-0.15, -0.1) is 0 Å². The molecular formula is C75H102Cl2N20O8. The monoisotopic (exact) mass is 1480 g/mol. The summed E-state index contributed by atoms with van der Waals surface area (Å²) < 4.78 is 23.3. The number of carbonyl (C=O) groups excluding carboxylic acids is 3. The molecule has 3 aliphatic rings. The van der Waals surface area contributed by atoms with E-state index in [0.29, 0.717) is 86.4 Å². The Hall–Kier alpha value is -9.48. The van der Waals surface area contributed by atoms with Crippen molar-refractivity contribution in [1.29, 1.82) is 0 Å². The van der Waals surface area contributed by atoms with Crippen LogP contribution in [-0.4, -0.2) is 192 Å². The molecule has 8 aromatic rings. The van der Waals surface area contributed by atoms with Crippen molar-refractivity contribution in [2.75, 3.05) is 150 Å². The van der Waals surface area contributed by atoms with Crippen molar-refractivity contribution in [3.05, 3.63) is 104 Å². The summed E-state index contributed by atoms with van der Waals surface area (Å²) in [5, 5.41) is 20.8. The number of methoxy groups -OCH3 is 4. The van der Waals surface area contributed by atoms with E-state index in [1.165, 1.54) is 30.9 Å². The second-order valence-electron chi connectivity index (χ2n) is 26.8. The third kappa shape index (κ3) is 20.3. The van der Waals surface area contributed by atoms with E-state index in [1.54, 1.807) is 63.5 Å². The Morgan fingerprint density at radius 1 is 0.705 bits per heavy atom. The number of aryl methyl sites for hydroxylation is 1. The lowest BCUT2D eigenvalue weighted by atomic mass is 10.0. The Labute approximate surface area is 625 Å². The van der Waals surface area contributed by atoms with Crippen LogP contribution in [0.15, 0.2) is 72.0 Å². The minimum Gasteiger partial charge on any atom is -0.497 e. The van der Waals surface area contributed by atoms with Crippen LogP contribution in [0.25, 0.3) is 33.2 Å². The maximum absolute atomic E-state index is 13.3. The summed E-state index contributed by atoms with van der Waals surface area (Å²) in [5.74, 6) is 4.69. The molecule has 2 fully saturated rings. The molecule has 8 heterocycles. The molecule has 28 nitrogen and oxygen atoms in total. The van der Waals surface area contributed by atoms with Gasteiger partial charge in [0.25, 0.3) is 5.56 Å². The van der Waals surface area contributed by atoms with Gasteiger partial charge in [-0.2, -0.15) is 15.0 Å². The largest absolute Gasteiger partial charge is 0.497 e. The summed E-state index contributed by atoms with van der Waals surface area (Å²) in [6.45, 7) is 29.7. The number of urea groups is 2. The zero-order valence-corrected chi connectivity index (χ0v) is 64.6. The number of unbranched alkanes of at least 4 members (excludes halogenated alkanes) is 2. The molecule has 30 heteroatoms. The molecule has 0 atom stereocenters. The quantitative estimate of drug-likeness (QED) is 0.0196. The minimum absolute atomic E-state index is 0.0536. The third-order valence-corrected chi connectivity index (χ3v) is 19.4. The van der Waals surface area contributed by atoms with Crippen LogP contribution in [0.1, 0.15) is 134 Å². The van der Waals surface area contributed by atoms with Crippen molar-refractivity contribution < 1.29 is 33.3 Å². The highest BCUT2D eigenvalue weighted by atomic mass is 35.5. The van der Waals surface area contributed by atoms with Gasteiger partial charge in [0.15, 0.2) is 11.4 Å². The average Bonchev–Trinajstić information content (AvgIpc) is 1.50. The number of amides is 4. The summed E-state index contributed by atoms with van der Waals surface area (Å²) in [6, 6.07) is 12.4. The molecule has 6 N–H and O–H groups in total. The van der Waals surface area contributed by atoms with Crippen molar-refractivity contribution in [2.45, 2.75) is 132 Å². The summed E-state index contributed by atoms with van der Waals surface area (Å²) in [6.07, 6.45) is 15.2. The first-order valence-electron chi connectivity index (χ1n) is 36.1. The van der Waals surface area contributed by atoms with Gasteiger partial charge in [-0.3, -0.25) is 29.3 Å².